The number of rotatable bonds is 2. The number of nitrogens with zero attached hydrogens (tertiary/aromatic N) is 4. The quantitative estimate of drug-likeness (QED) is 0.924. The van der Waals surface area contributed by atoms with Crippen molar-refractivity contribution in [1.29, 1.82) is 0 Å². The van der Waals surface area contributed by atoms with Gasteiger partial charge in [-0.2, -0.15) is 0 Å². The summed E-state index contributed by atoms with van der Waals surface area (Å²) >= 11 is 6.18. The number of hydrogen-bond donors (Lipinski definition) is 1. The summed E-state index contributed by atoms with van der Waals surface area (Å²) in [4.78, 5) is 26.4. The van der Waals surface area contributed by atoms with Gasteiger partial charge in [0.25, 0.3) is 5.91 Å². The number of aryl methyl sites for hydroxylation is 2. The zero-order valence-electron chi connectivity index (χ0n) is 12.2. The van der Waals surface area contributed by atoms with Crippen LogP contribution in [0.1, 0.15) is 11.4 Å². The zero-order valence-corrected chi connectivity index (χ0v) is 12.9. The maximum absolute atomic E-state index is 12.1. The van der Waals surface area contributed by atoms with Gasteiger partial charge in [-0.3, -0.25) is 10.1 Å². The van der Waals surface area contributed by atoms with Gasteiger partial charge in [-0.25, -0.2) is 19.9 Å². The molecule has 22 heavy (non-hydrogen) atoms. The first-order valence-corrected chi connectivity index (χ1v) is 7.13. The number of guanidine groups is 1. The molecule has 1 aliphatic rings. The van der Waals surface area contributed by atoms with E-state index in [-0.39, 0.29) is 12.5 Å². The Labute approximate surface area is 132 Å². The van der Waals surface area contributed by atoms with E-state index in [0.29, 0.717) is 22.6 Å². The molecule has 3 rings (SSSR count). The van der Waals surface area contributed by atoms with E-state index in [4.69, 9.17) is 11.6 Å². The molecule has 2 heterocycles. The largest absolute Gasteiger partial charge is 0.294 e. The minimum Gasteiger partial charge on any atom is -0.294 e. The summed E-state index contributed by atoms with van der Waals surface area (Å²) < 4.78 is 0. The van der Waals surface area contributed by atoms with Gasteiger partial charge in [0.2, 0.25) is 11.9 Å². The molecular formula is C15H14ClN5O. The summed E-state index contributed by atoms with van der Waals surface area (Å²) in [5.41, 5.74) is 2.26. The molecule has 1 aromatic heterocycles. The van der Waals surface area contributed by atoms with E-state index in [2.05, 4.69) is 20.3 Å². The minimum atomic E-state index is -0.153. The van der Waals surface area contributed by atoms with Gasteiger partial charge in [-0.1, -0.05) is 23.7 Å². The van der Waals surface area contributed by atoms with Gasteiger partial charge in [0.1, 0.15) is 6.54 Å². The average molecular weight is 316 g/mol. The van der Waals surface area contributed by atoms with Crippen LogP contribution >= 0.6 is 11.6 Å². The molecule has 7 heteroatoms. The number of halogens is 1. The second kappa shape index (κ2) is 5.73. The minimum absolute atomic E-state index is 0.0678. The number of anilines is 2. The van der Waals surface area contributed by atoms with Gasteiger partial charge in [0, 0.05) is 11.4 Å². The highest BCUT2D eigenvalue weighted by Gasteiger charge is 2.29. The average Bonchev–Trinajstić information content (AvgIpc) is 2.79. The third-order valence-corrected chi connectivity index (χ3v) is 3.44. The Balaban J connectivity index is 1.93. The second-order valence-electron chi connectivity index (χ2n) is 4.92. The standard InChI is InChI=1S/C15H14ClN5O/c1-9-7-10(2)19-14(18-9)20-15-17-8-13(22)21(15)12-6-4-3-5-11(12)16/h3-7H,8H2,1-2H3,(H,17,18,19,20). The Bertz CT molecular complexity index is 754. The van der Waals surface area contributed by atoms with Crippen molar-refractivity contribution in [2.75, 3.05) is 16.8 Å². The Morgan fingerprint density at radius 3 is 2.55 bits per heavy atom. The van der Waals surface area contributed by atoms with Gasteiger partial charge in [0.05, 0.1) is 10.7 Å². The van der Waals surface area contributed by atoms with Crippen molar-refractivity contribution in [1.82, 2.24) is 9.97 Å². The van der Waals surface area contributed by atoms with Crippen molar-refractivity contribution in [3.05, 3.63) is 46.7 Å². The van der Waals surface area contributed by atoms with Crippen LogP contribution in [-0.2, 0) is 4.79 Å². The van der Waals surface area contributed by atoms with Crippen LogP contribution in [-0.4, -0.2) is 28.4 Å². The predicted octanol–water partition coefficient (Wildman–Crippen LogP) is 2.56. The highest BCUT2D eigenvalue weighted by atomic mass is 35.5. The van der Waals surface area contributed by atoms with Crippen LogP contribution in [0, 0.1) is 13.8 Å². The first-order chi connectivity index (χ1) is 10.5. The number of aliphatic imine (C=N–C) groups is 1. The fraction of sp³-hybridized carbons (Fsp3) is 0.200. The van der Waals surface area contributed by atoms with Crippen molar-refractivity contribution >= 4 is 35.1 Å². The van der Waals surface area contributed by atoms with Crippen molar-refractivity contribution in [2.45, 2.75) is 13.8 Å². The monoisotopic (exact) mass is 315 g/mol. The SMILES string of the molecule is Cc1cc(C)nc(NC2=NCC(=O)N2c2ccccc2Cl)n1. The number of amides is 1. The van der Waals surface area contributed by atoms with Gasteiger partial charge in [0.15, 0.2) is 0 Å². The van der Waals surface area contributed by atoms with Crippen molar-refractivity contribution in [3.8, 4) is 0 Å². The summed E-state index contributed by atoms with van der Waals surface area (Å²) in [6.45, 7) is 3.83. The maximum Gasteiger partial charge on any atom is 0.255 e. The summed E-state index contributed by atoms with van der Waals surface area (Å²) in [5.74, 6) is 0.631. The Morgan fingerprint density at radius 2 is 1.86 bits per heavy atom. The van der Waals surface area contributed by atoms with E-state index < -0.39 is 0 Å². The molecule has 0 saturated carbocycles. The molecule has 0 spiro atoms. The second-order valence-corrected chi connectivity index (χ2v) is 5.33. The molecule has 0 unspecified atom stereocenters. The van der Waals surface area contributed by atoms with Crippen LogP contribution in [0.15, 0.2) is 35.3 Å². The van der Waals surface area contributed by atoms with Crippen molar-refractivity contribution in [2.24, 2.45) is 4.99 Å². The lowest BCUT2D eigenvalue weighted by molar-refractivity contribution is -0.115. The van der Waals surface area contributed by atoms with E-state index in [1.54, 1.807) is 12.1 Å². The van der Waals surface area contributed by atoms with Gasteiger partial charge in [-0.05, 0) is 32.0 Å². The lowest BCUT2D eigenvalue weighted by Crippen LogP contribution is -2.37. The van der Waals surface area contributed by atoms with E-state index in [1.165, 1.54) is 4.90 Å². The van der Waals surface area contributed by atoms with E-state index in [0.717, 1.165) is 11.4 Å². The lowest BCUT2D eigenvalue weighted by Gasteiger charge is -2.20. The lowest BCUT2D eigenvalue weighted by atomic mass is 10.3. The van der Waals surface area contributed by atoms with Gasteiger partial charge in [-0.15, -0.1) is 0 Å². The third-order valence-electron chi connectivity index (χ3n) is 3.12. The van der Waals surface area contributed by atoms with Gasteiger partial charge < -0.3 is 0 Å². The molecule has 112 valence electrons. The number of para-hydroxylation sites is 1. The Kier molecular flexibility index (Phi) is 3.77. The first-order valence-electron chi connectivity index (χ1n) is 6.76. The normalized spacial score (nSPS) is 14.2. The van der Waals surface area contributed by atoms with Crippen LogP contribution in [0.2, 0.25) is 5.02 Å². The maximum atomic E-state index is 12.1. The molecule has 0 fully saturated rings. The number of carbonyl (C=O) groups excluding carboxylic acids is 1. The number of nitrogens with one attached hydrogen (secondary N) is 1. The van der Waals surface area contributed by atoms with E-state index >= 15 is 0 Å². The molecule has 6 nitrogen and oxygen atoms in total. The fourth-order valence-electron chi connectivity index (χ4n) is 2.26. The summed E-state index contributed by atoms with van der Waals surface area (Å²) in [6, 6.07) is 9.00. The molecular weight excluding hydrogens is 302 g/mol. The summed E-state index contributed by atoms with van der Waals surface area (Å²) in [5, 5.41) is 3.48. The van der Waals surface area contributed by atoms with Crippen LogP contribution in [0.4, 0.5) is 11.6 Å². The molecule has 0 aliphatic carbocycles. The van der Waals surface area contributed by atoms with Gasteiger partial charge >= 0.3 is 0 Å². The molecule has 1 aromatic carbocycles. The van der Waals surface area contributed by atoms with Crippen LogP contribution in [0.25, 0.3) is 0 Å². The van der Waals surface area contributed by atoms with E-state index in [1.807, 2.05) is 32.0 Å². The highest BCUT2D eigenvalue weighted by molar-refractivity contribution is 6.36. The molecule has 1 aliphatic heterocycles. The van der Waals surface area contributed by atoms with Crippen molar-refractivity contribution in [3.63, 3.8) is 0 Å². The number of aromatic nitrogens is 2. The van der Waals surface area contributed by atoms with E-state index in [9.17, 15) is 4.79 Å². The fourth-order valence-corrected chi connectivity index (χ4v) is 2.48. The third kappa shape index (κ3) is 2.78. The van der Waals surface area contributed by atoms with Crippen molar-refractivity contribution < 1.29 is 4.79 Å². The topological polar surface area (TPSA) is 70.5 Å². The number of benzene rings is 1. The molecule has 1 amide bonds. The predicted molar refractivity (Wildman–Crippen MR) is 86.4 cm³/mol. The molecule has 0 radical (unpaired) electrons. The summed E-state index contributed by atoms with van der Waals surface area (Å²) in [6.07, 6.45) is 0. The number of carbonyl (C=O) groups is 1. The molecule has 0 bridgehead atoms. The molecule has 2 aromatic rings. The van der Waals surface area contributed by atoms with Crippen LogP contribution in [0.3, 0.4) is 0 Å². The molecule has 0 saturated heterocycles. The zero-order chi connectivity index (χ0) is 15.7. The smallest absolute Gasteiger partial charge is 0.255 e. The Hall–Kier alpha value is -2.47. The summed E-state index contributed by atoms with van der Waals surface area (Å²) in [7, 11) is 0. The highest BCUT2D eigenvalue weighted by Crippen LogP contribution is 2.27. The number of hydrogen-bond acceptors (Lipinski definition) is 5. The Morgan fingerprint density at radius 1 is 1.18 bits per heavy atom. The van der Waals surface area contributed by atoms with Crippen LogP contribution < -0.4 is 10.2 Å². The molecule has 0 atom stereocenters. The molecule has 1 N–H and O–H groups in total. The first kappa shape index (κ1) is 14.5. The van der Waals surface area contributed by atoms with Crippen LogP contribution in [0.5, 0.6) is 0 Å².